The molecule has 4 bridgehead atoms. The molecule has 0 aromatic carbocycles. The third kappa shape index (κ3) is 1.45. The molecular formula is C13H21I. The summed E-state index contributed by atoms with van der Waals surface area (Å²) in [5.74, 6) is 5.53. The van der Waals surface area contributed by atoms with Crippen molar-refractivity contribution in [1.29, 1.82) is 0 Å². The zero-order valence-corrected chi connectivity index (χ0v) is 11.2. The molecule has 0 saturated heterocycles. The lowest BCUT2D eigenvalue weighted by Crippen LogP contribution is -2.28. The van der Waals surface area contributed by atoms with Gasteiger partial charge in [0.05, 0.1) is 0 Å². The third-order valence-electron chi connectivity index (χ3n) is 5.15. The van der Waals surface area contributed by atoms with Crippen molar-refractivity contribution in [2.45, 2.75) is 49.4 Å². The SMILES string of the molecule is CC[C@H]1C2CC3CC(CC(C3)C1I)C2. The van der Waals surface area contributed by atoms with Crippen LogP contribution >= 0.6 is 22.6 Å². The Morgan fingerprint density at radius 1 is 0.929 bits per heavy atom. The molecule has 4 rings (SSSR count). The smallest absolute Gasteiger partial charge is 0.0169 e. The summed E-state index contributed by atoms with van der Waals surface area (Å²) in [6.07, 6.45) is 9.37. The van der Waals surface area contributed by atoms with Gasteiger partial charge in [-0.2, -0.15) is 0 Å². The van der Waals surface area contributed by atoms with E-state index in [-0.39, 0.29) is 0 Å². The van der Waals surface area contributed by atoms with Crippen LogP contribution in [0.3, 0.4) is 0 Å². The highest BCUT2D eigenvalue weighted by Crippen LogP contribution is 2.55. The van der Waals surface area contributed by atoms with Crippen molar-refractivity contribution in [3.05, 3.63) is 0 Å². The minimum atomic E-state index is 1.01. The minimum absolute atomic E-state index is 1.01. The fourth-order valence-electron chi connectivity index (χ4n) is 4.73. The van der Waals surface area contributed by atoms with E-state index in [1.54, 1.807) is 32.1 Å². The van der Waals surface area contributed by atoms with Crippen molar-refractivity contribution < 1.29 is 0 Å². The molecule has 0 aromatic heterocycles. The maximum absolute atomic E-state index is 2.79. The van der Waals surface area contributed by atoms with Gasteiger partial charge in [-0.05, 0) is 61.7 Å². The molecule has 3 unspecified atom stereocenters. The molecule has 4 fully saturated rings. The van der Waals surface area contributed by atoms with Gasteiger partial charge in [-0.25, -0.2) is 0 Å². The zero-order chi connectivity index (χ0) is 9.71. The van der Waals surface area contributed by atoms with Crippen molar-refractivity contribution >= 4 is 22.6 Å². The highest BCUT2D eigenvalue weighted by molar-refractivity contribution is 14.1. The molecule has 0 nitrogen and oxygen atoms in total. The molecule has 0 heterocycles. The van der Waals surface area contributed by atoms with Crippen LogP contribution in [-0.4, -0.2) is 3.92 Å². The van der Waals surface area contributed by atoms with Gasteiger partial charge in [-0.3, -0.25) is 0 Å². The van der Waals surface area contributed by atoms with Crippen LogP contribution in [0.25, 0.3) is 0 Å². The van der Waals surface area contributed by atoms with Gasteiger partial charge in [0.15, 0.2) is 0 Å². The maximum atomic E-state index is 2.79. The van der Waals surface area contributed by atoms with E-state index in [4.69, 9.17) is 0 Å². The molecule has 0 aliphatic heterocycles. The van der Waals surface area contributed by atoms with Gasteiger partial charge >= 0.3 is 0 Å². The van der Waals surface area contributed by atoms with Crippen molar-refractivity contribution in [2.24, 2.45) is 29.6 Å². The molecule has 4 aliphatic carbocycles. The predicted octanol–water partition coefficient (Wildman–Crippen LogP) is 4.27. The Morgan fingerprint density at radius 3 is 2.07 bits per heavy atom. The standard InChI is InChI=1S/C13H21I/c1-2-12-10-4-8-3-9(5-10)7-11(6-8)13(12)14/h8-13H,2-7H2,1H3/t8?,9?,10?,11?,12-,13?/m0/s1. The normalized spacial score (nSPS) is 56.1. The monoisotopic (exact) mass is 304 g/mol. The van der Waals surface area contributed by atoms with Gasteiger partial charge < -0.3 is 0 Å². The second-order valence-corrected chi connectivity index (χ2v) is 7.39. The quantitative estimate of drug-likeness (QED) is 0.501. The molecule has 4 aliphatic rings. The van der Waals surface area contributed by atoms with Gasteiger partial charge in [0.25, 0.3) is 0 Å². The van der Waals surface area contributed by atoms with Crippen LogP contribution in [0.1, 0.15) is 45.4 Å². The number of hydrogen-bond acceptors (Lipinski definition) is 0. The van der Waals surface area contributed by atoms with E-state index in [0.717, 1.165) is 33.5 Å². The molecule has 1 heteroatoms. The summed E-state index contributed by atoms with van der Waals surface area (Å²) >= 11 is 2.79. The molecule has 0 radical (unpaired) electrons. The summed E-state index contributed by atoms with van der Waals surface area (Å²) in [5, 5.41) is 0. The summed E-state index contributed by atoms with van der Waals surface area (Å²) in [5.41, 5.74) is 0. The van der Waals surface area contributed by atoms with Crippen LogP contribution in [0.4, 0.5) is 0 Å². The molecule has 4 saturated carbocycles. The van der Waals surface area contributed by atoms with Crippen LogP contribution in [0.2, 0.25) is 0 Å². The number of halogens is 1. The fourth-order valence-corrected chi connectivity index (χ4v) is 6.41. The first-order valence-electron chi connectivity index (χ1n) is 6.42. The highest BCUT2D eigenvalue weighted by atomic mass is 127. The van der Waals surface area contributed by atoms with Crippen LogP contribution in [0, 0.1) is 29.6 Å². The second-order valence-electron chi connectivity index (χ2n) is 5.95. The molecule has 4 atom stereocenters. The van der Waals surface area contributed by atoms with Crippen molar-refractivity contribution in [3.8, 4) is 0 Å². The largest absolute Gasteiger partial charge is 0.0820 e. The topological polar surface area (TPSA) is 0 Å². The molecular weight excluding hydrogens is 283 g/mol. The molecule has 0 amide bonds. The average Bonchev–Trinajstić information content (AvgIpc) is 2.29. The van der Waals surface area contributed by atoms with Crippen molar-refractivity contribution in [1.82, 2.24) is 0 Å². The number of rotatable bonds is 1. The minimum Gasteiger partial charge on any atom is -0.0820 e. The molecule has 14 heavy (non-hydrogen) atoms. The van der Waals surface area contributed by atoms with Gasteiger partial charge in [0, 0.05) is 3.92 Å². The summed E-state index contributed by atoms with van der Waals surface area (Å²) < 4.78 is 1.01. The number of alkyl halides is 1. The van der Waals surface area contributed by atoms with Crippen LogP contribution in [0.15, 0.2) is 0 Å². The van der Waals surface area contributed by atoms with E-state index in [9.17, 15) is 0 Å². The Morgan fingerprint density at radius 2 is 1.50 bits per heavy atom. The zero-order valence-electron chi connectivity index (χ0n) is 9.08. The van der Waals surface area contributed by atoms with Crippen LogP contribution in [-0.2, 0) is 0 Å². The Labute approximate surface area is 101 Å². The molecule has 0 aromatic rings. The lowest BCUT2D eigenvalue weighted by molar-refractivity contribution is 0.125. The van der Waals surface area contributed by atoms with Crippen LogP contribution < -0.4 is 0 Å². The summed E-state index contributed by atoms with van der Waals surface area (Å²) in [6.45, 7) is 2.42. The summed E-state index contributed by atoms with van der Waals surface area (Å²) in [4.78, 5) is 0. The number of fused-ring (bicyclic) bond motifs is 1. The first kappa shape index (κ1) is 9.92. The lowest BCUT2D eigenvalue weighted by atomic mass is 9.67. The fraction of sp³-hybridized carbons (Fsp3) is 1.00. The molecule has 80 valence electrons. The summed E-state index contributed by atoms with van der Waals surface area (Å²) in [6, 6.07) is 0. The van der Waals surface area contributed by atoms with E-state index >= 15 is 0 Å². The van der Waals surface area contributed by atoms with Gasteiger partial charge in [-0.15, -0.1) is 0 Å². The Kier molecular flexibility index (Phi) is 2.58. The van der Waals surface area contributed by atoms with Crippen molar-refractivity contribution in [3.63, 3.8) is 0 Å². The summed E-state index contributed by atoms with van der Waals surface area (Å²) in [7, 11) is 0. The first-order chi connectivity index (χ1) is 6.78. The van der Waals surface area contributed by atoms with Crippen molar-refractivity contribution in [2.75, 3.05) is 0 Å². The predicted molar refractivity (Wildman–Crippen MR) is 68.6 cm³/mol. The molecule has 0 N–H and O–H groups in total. The maximum Gasteiger partial charge on any atom is 0.0169 e. The lowest BCUT2D eigenvalue weighted by Gasteiger charge is -2.38. The second kappa shape index (κ2) is 3.64. The van der Waals surface area contributed by atoms with E-state index in [0.29, 0.717) is 0 Å². The highest BCUT2D eigenvalue weighted by Gasteiger charge is 2.46. The van der Waals surface area contributed by atoms with E-state index < -0.39 is 0 Å². The molecule has 0 spiro atoms. The third-order valence-corrected chi connectivity index (χ3v) is 7.09. The Hall–Kier alpha value is 0.730. The van der Waals surface area contributed by atoms with Gasteiger partial charge in [0.2, 0.25) is 0 Å². The average molecular weight is 304 g/mol. The Bertz CT molecular complexity index is 211. The van der Waals surface area contributed by atoms with Gasteiger partial charge in [0.1, 0.15) is 0 Å². The number of hydrogen-bond donors (Lipinski definition) is 0. The van der Waals surface area contributed by atoms with E-state index in [1.165, 1.54) is 6.42 Å². The van der Waals surface area contributed by atoms with E-state index in [1.807, 2.05) is 0 Å². The Balaban J connectivity index is 1.91. The van der Waals surface area contributed by atoms with Gasteiger partial charge in [-0.1, -0.05) is 35.9 Å². The van der Waals surface area contributed by atoms with E-state index in [2.05, 4.69) is 29.5 Å². The van der Waals surface area contributed by atoms with Crippen LogP contribution in [0.5, 0.6) is 0 Å². The first-order valence-corrected chi connectivity index (χ1v) is 7.66.